The first-order valence-electron chi connectivity index (χ1n) is 5.34. The molecule has 1 aromatic carbocycles. The molecule has 2 rings (SSSR count). The van der Waals surface area contributed by atoms with Gasteiger partial charge in [-0.3, -0.25) is 4.68 Å². The number of hydrogen-bond acceptors (Lipinski definition) is 2. The highest BCUT2D eigenvalue weighted by Crippen LogP contribution is 2.28. The summed E-state index contributed by atoms with van der Waals surface area (Å²) in [6.45, 7) is 0. The number of aryl methyl sites for hydroxylation is 1. The van der Waals surface area contributed by atoms with Crippen LogP contribution in [0.4, 0.5) is 8.78 Å². The van der Waals surface area contributed by atoms with Crippen molar-refractivity contribution in [2.45, 2.75) is 6.04 Å². The maximum Gasteiger partial charge on any atom is 0.132 e. The molecule has 0 saturated heterocycles. The van der Waals surface area contributed by atoms with E-state index < -0.39 is 17.7 Å². The van der Waals surface area contributed by atoms with E-state index >= 15 is 0 Å². The lowest BCUT2D eigenvalue weighted by Crippen LogP contribution is -2.23. The van der Waals surface area contributed by atoms with E-state index in [0.717, 1.165) is 0 Å². The van der Waals surface area contributed by atoms with Crippen LogP contribution < -0.4 is 5.32 Å². The normalized spacial score (nSPS) is 12.7. The molecule has 1 aromatic heterocycles. The zero-order chi connectivity index (χ0) is 13.3. The number of benzene rings is 1. The second kappa shape index (κ2) is 5.16. The number of nitrogens with zero attached hydrogens (tertiary/aromatic N) is 2. The molecule has 0 radical (unpaired) electrons. The third kappa shape index (κ3) is 2.30. The minimum absolute atomic E-state index is 0.00991. The molecule has 0 aliphatic carbocycles. The molecule has 3 nitrogen and oxygen atoms in total. The van der Waals surface area contributed by atoms with Crippen LogP contribution in [0.25, 0.3) is 0 Å². The van der Waals surface area contributed by atoms with Crippen LogP contribution in [0.1, 0.15) is 17.3 Å². The van der Waals surface area contributed by atoms with E-state index in [0.29, 0.717) is 10.2 Å². The first-order chi connectivity index (χ1) is 8.54. The Morgan fingerprint density at radius 2 is 1.94 bits per heavy atom. The SMILES string of the molecule is CNC(c1c(F)cc(Br)cc1F)c1ccnn1C. The van der Waals surface area contributed by atoms with Crippen LogP contribution in [-0.4, -0.2) is 16.8 Å². The van der Waals surface area contributed by atoms with Crippen LogP contribution in [0, 0.1) is 11.6 Å². The molecule has 1 atom stereocenters. The Balaban J connectivity index is 2.56. The first kappa shape index (κ1) is 13.2. The summed E-state index contributed by atoms with van der Waals surface area (Å²) in [6, 6.07) is 3.64. The van der Waals surface area contributed by atoms with Crippen LogP contribution in [0.15, 0.2) is 28.9 Å². The molecule has 0 spiro atoms. The van der Waals surface area contributed by atoms with Crippen molar-refractivity contribution in [3.8, 4) is 0 Å². The van der Waals surface area contributed by atoms with Gasteiger partial charge in [-0.2, -0.15) is 5.10 Å². The van der Waals surface area contributed by atoms with Gasteiger partial charge in [-0.05, 0) is 25.2 Å². The number of nitrogens with one attached hydrogen (secondary N) is 1. The molecule has 96 valence electrons. The summed E-state index contributed by atoms with van der Waals surface area (Å²) >= 11 is 3.06. The Morgan fingerprint density at radius 1 is 1.33 bits per heavy atom. The molecule has 0 aliphatic heterocycles. The lowest BCUT2D eigenvalue weighted by molar-refractivity contribution is 0.505. The summed E-state index contributed by atoms with van der Waals surface area (Å²) in [5.74, 6) is -1.19. The average molecular weight is 316 g/mol. The van der Waals surface area contributed by atoms with Gasteiger partial charge in [0.2, 0.25) is 0 Å². The third-order valence-corrected chi connectivity index (χ3v) is 3.23. The number of hydrogen-bond donors (Lipinski definition) is 1. The van der Waals surface area contributed by atoms with Crippen molar-refractivity contribution < 1.29 is 8.78 Å². The van der Waals surface area contributed by atoms with Crippen molar-refractivity contribution in [3.63, 3.8) is 0 Å². The molecule has 1 heterocycles. The van der Waals surface area contributed by atoms with Crippen molar-refractivity contribution in [2.24, 2.45) is 7.05 Å². The Morgan fingerprint density at radius 3 is 2.39 bits per heavy atom. The van der Waals surface area contributed by atoms with Crippen LogP contribution in [-0.2, 0) is 7.05 Å². The van der Waals surface area contributed by atoms with Gasteiger partial charge in [0.15, 0.2) is 0 Å². The molecule has 0 aliphatic rings. The highest BCUT2D eigenvalue weighted by atomic mass is 79.9. The quantitative estimate of drug-likeness (QED) is 0.944. The number of aromatic nitrogens is 2. The standard InChI is InChI=1S/C12H12BrF2N3/c1-16-12(10-3-4-17-18(10)2)11-8(14)5-7(13)6-9(11)15/h3-6,12,16H,1-2H3. The summed E-state index contributed by atoms with van der Waals surface area (Å²) in [6.07, 6.45) is 1.59. The Kier molecular flexibility index (Phi) is 3.77. The van der Waals surface area contributed by atoms with Gasteiger partial charge in [-0.25, -0.2) is 8.78 Å². The smallest absolute Gasteiger partial charge is 0.132 e. The third-order valence-electron chi connectivity index (χ3n) is 2.78. The summed E-state index contributed by atoms with van der Waals surface area (Å²) in [7, 11) is 3.38. The molecule has 1 N–H and O–H groups in total. The fourth-order valence-corrected chi connectivity index (χ4v) is 2.34. The first-order valence-corrected chi connectivity index (χ1v) is 6.13. The van der Waals surface area contributed by atoms with E-state index in [1.165, 1.54) is 12.1 Å². The van der Waals surface area contributed by atoms with E-state index in [2.05, 4.69) is 26.3 Å². The maximum absolute atomic E-state index is 13.9. The molecule has 6 heteroatoms. The largest absolute Gasteiger partial charge is 0.308 e. The zero-order valence-corrected chi connectivity index (χ0v) is 11.5. The van der Waals surface area contributed by atoms with E-state index in [9.17, 15) is 8.78 Å². The molecule has 18 heavy (non-hydrogen) atoms. The van der Waals surface area contributed by atoms with E-state index in [1.54, 1.807) is 31.0 Å². The summed E-state index contributed by atoms with van der Waals surface area (Å²) in [5, 5.41) is 6.92. The molecular weight excluding hydrogens is 304 g/mol. The van der Waals surface area contributed by atoms with Gasteiger partial charge in [0, 0.05) is 23.3 Å². The number of rotatable bonds is 3. The lowest BCUT2D eigenvalue weighted by atomic mass is 10.0. The molecule has 1 unspecified atom stereocenters. The molecule has 0 amide bonds. The van der Waals surface area contributed by atoms with Gasteiger partial charge in [-0.15, -0.1) is 0 Å². The molecule has 2 aromatic rings. The lowest BCUT2D eigenvalue weighted by Gasteiger charge is -2.18. The fraction of sp³-hybridized carbons (Fsp3) is 0.250. The fourth-order valence-electron chi connectivity index (χ4n) is 1.94. The van der Waals surface area contributed by atoms with Gasteiger partial charge >= 0.3 is 0 Å². The van der Waals surface area contributed by atoms with E-state index in [1.807, 2.05) is 0 Å². The van der Waals surface area contributed by atoms with Gasteiger partial charge in [0.25, 0.3) is 0 Å². The van der Waals surface area contributed by atoms with Gasteiger partial charge in [0.1, 0.15) is 11.6 Å². The van der Waals surface area contributed by atoms with Crippen LogP contribution in [0.3, 0.4) is 0 Å². The van der Waals surface area contributed by atoms with Crippen molar-refractivity contribution in [3.05, 3.63) is 51.8 Å². The summed E-state index contributed by atoms with van der Waals surface area (Å²) in [4.78, 5) is 0. The van der Waals surface area contributed by atoms with E-state index in [4.69, 9.17) is 0 Å². The van der Waals surface area contributed by atoms with Crippen LogP contribution >= 0.6 is 15.9 Å². The summed E-state index contributed by atoms with van der Waals surface area (Å²) < 4.78 is 29.8. The van der Waals surface area contributed by atoms with Crippen molar-refractivity contribution in [1.82, 2.24) is 15.1 Å². The predicted octanol–water partition coefficient (Wildman–Crippen LogP) is 2.77. The Labute approximate surface area is 112 Å². The number of halogens is 3. The monoisotopic (exact) mass is 315 g/mol. The maximum atomic E-state index is 13.9. The molecule has 0 fully saturated rings. The van der Waals surface area contributed by atoms with Crippen molar-refractivity contribution >= 4 is 15.9 Å². The minimum Gasteiger partial charge on any atom is -0.308 e. The van der Waals surface area contributed by atoms with Gasteiger partial charge < -0.3 is 5.32 Å². The second-order valence-electron chi connectivity index (χ2n) is 3.88. The van der Waals surface area contributed by atoms with Crippen molar-refractivity contribution in [1.29, 1.82) is 0 Å². The summed E-state index contributed by atoms with van der Waals surface area (Å²) in [5.41, 5.74) is 0.682. The second-order valence-corrected chi connectivity index (χ2v) is 4.80. The molecular formula is C12H12BrF2N3. The minimum atomic E-state index is -0.595. The van der Waals surface area contributed by atoms with Gasteiger partial charge in [0.05, 0.1) is 11.7 Å². The van der Waals surface area contributed by atoms with Crippen LogP contribution in [0.2, 0.25) is 0 Å². The Hall–Kier alpha value is -1.27. The molecule has 0 saturated carbocycles. The molecule has 0 bridgehead atoms. The Bertz CT molecular complexity index is 545. The predicted molar refractivity (Wildman–Crippen MR) is 68.2 cm³/mol. The highest BCUT2D eigenvalue weighted by Gasteiger charge is 2.23. The van der Waals surface area contributed by atoms with Crippen molar-refractivity contribution in [2.75, 3.05) is 7.05 Å². The topological polar surface area (TPSA) is 29.9 Å². The highest BCUT2D eigenvalue weighted by molar-refractivity contribution is 9.10. The van der Waals surface area contributed by atoms with Gasteiger partial charge in [-0.1, -0.05) is 15.9 Å². The van der Waals surface area contributed by atoms with E-state index in [-0.39, 0.29) is 5.56 Å². The van der Waals surface area contributed by atoms with Crippen LogP contribution in [0.5, 0.6) is 0 Å². The zero-order valence-electron chi connectivity index (χ0n) is 9.92. The average Bonchev–Trinajstić information content (AvgIpc) is 2.69.